The molecule has 0 bridgehead atoms. The molecule has 0 radical (unpaired) electrons. The Morgan fingerprint density at radius 3 is 2.67 bits per heavy atom. The molecule has 90 valence electrons. The zero-order chi connectivity index (χ0) is 13.0. The van der Waals surface area contributed by atoms with E-state index in [1.54, 1.807) is 6.07 Å². The molecule has 18 heavy (non-hydrogen) atoms. The normalized spacial score (nSPS) is 9.83. The topological polar surface area (TPSA) is 33.0 Å². The summed E-state index contributed by atoms with van der Waals surface area (Å²) >= 11 is 2.18. The van der Waals surface area contributed by atoms with Gasteiger partial charge in [-0.25, -0.2) is 0 Å². The minimum atomic E-state index is 0.550. The molecule has 2 aromatic rings. The summed E-state index contributed by atoms with van der Waals surface area (Å²) in [6.07, 6.45) is 0. The first-order valence-corrected chi connectivity index (χ1v) is 6.65. The predicted molar refractivity (Wildman–Crippen MR) is 79.4 cm³/mol. The average molecular weight is 349 g/mol. The van der Waals surface area contributed by atoms with Crippen molar-refractivity contribution in [3.05, 3.63) is 62.7 Å². The maximum Gasteiger partial charge on any atom is 0.133 e. The molecule has 2 rings (SSSR count). The van der Waals surface area contributed by atoms with Gasteiger partial charge in [0.1, 0.15) is 12.4 Å². The molecule has 0 unspecified atom stereocenters. The van der Waals surface area contributed by atoms with Crippen molar-refractivity contribution in [1.82, 2.24) is 0 Å². The Labute approximate surface area is 120 Å². The van der Waals surface area contributed by atoms with Crippen molar-refractivity contribution in [2.45, 2.75) is 13.5 Å². The predicted octanol–water partition coefficient (Wildman–Crippen LogP) is 4.05. The first-order chi connectivity index (χ1) is 8.70. The number of benzene rings is 2. The maximum absolute atomic E-state index is 8.80. The van der Waals surface area contributed by atoms with Gasteiger partial charge in [0.05, 0.1) is 15.2 Å². The van der Waals surface area contributed by atoms with Crippen molar-refractivity contribution in [2.24, 2.45) is 0 Å². The van der Waals surface area contributed by atoms with Gasteiger partial charge in [0, 0.05) is 0 Å². The molecule has 0 aromatic heterocycles. The highest BCUT2D eigenvalue weighted by atomic mass is 127. The molecule has 0 aliphatic heterocycles. The Kier molecular flexibility index (Phi) is 4.21. The Bertz CT molecular complexity index is 602. The first-order valence-electron chi connectivity index (χ1n) is 5.57. The highest BCUT2D eigenvalue weighted by Crippen LogP contribution is 2.23. The molecule has 0 heterocycles. The summed E-state index contributed by atoms with van der Waals surface area (Å²) in [7, 11) is 0. The van der Waals surface area contributed by atoms with Crippen LogP contribution in [-0.2, 0) is 6.61 Å². The quantitative estimate of drug-likeness (QED) is 0.784. The Morgan fingerprint density at radius 2 is 2.00 bits per heavy atom. The Balaban J connectivity index is 2.12. The number of rotatable bonds is 3. The molecular weight excluding hydrogens is 337 g/mol. The SMILES string of the molecule is Cc1ccccc1COc1ccc(C#N)cc1I. The van der Waals surface area contributed by atoms with E-state index in [-0.39, 0.29) is 0 Å². The second-order valence-electron chi connectivity index (χ2n) is 3.97. The van der Waals surface area contributed by atoms with Gasteiger partial charge in [-0.05, 0) is 58.8 Å². The lowest BCUT2D eigenvalue weighted by molar-refractivity contribution is 0.303. The van der Waals surface area contributed by atoms with E-state index in [0.717, 1.165) is 9.32 Å². The monoisotopic (exact) mass is 349 g/mol. The van der Waals surface area contributed by atoms with Crippen molar-refractivity contribution in [3.63, 3.8) is 0 Å². The average Bonchev–Trinajstić information content (AvgIpc) is 2.39. The van der Waals surface area contributed by atoms with E-state index in [4.69, 9.17) is 10.00 Å². The van der Waals surface area contributed by atoms with Gasteiger partial charge in [0.25, 0.3) is 0 Å². The van der Waals surface area contributed by atoms with Gasteiger partial charge >= 0.3 is 0 Å². The fourth-order valence-corrected chi connectivity index (χ4v) is 2.29. The fourth-order valence-electron chi connectivity index (χ4n) is 1.61. The molecule has 0 saturated heterocycles. The van der Waals surface area contributed by atoms with Crippen molar-refractivity contribution < 1.29 is 4.74 Å². The van der Waals surface area contributed by atoms with E-state index in [1.807, 2.05) is 24.3 Å². The lowest BCUT2D eigenvalue weighted by atomic mass is 10.1. The zero-order valence-corrected chi connectivity index (χ0v) is 12.1. The van der Waals surface area contributed by atoms with Gasteiger partial charge in [-0.1, -0.05) is 24.3 Å². The van der Waals surface area contributed by atoms with E-state index in [0.29, 0.717) is 12.2 Å². The van der Waals surface area contributed by atoms with Crippen LogP contribution in [0.5, 0.6) is 5.75 Å². The minimum Gasteiger partial charge on any atom is -0.488 e. The molecule has 0 aliphatic carbocycles. The van der Waals surface area contributed by atoms with Crippen LogP contribution in [0, 0.1) is 21.8 Å². The molecule has 0 aliphatic rings. The smallest absolute Gasteiger partial charge is 0.133 e. The highest BCUT2D eigenvalue weighted by molar-refractivity contribution is 14.1. The third-order valence-electron chi connectivity index (χ3n) is 2.71. The van der Waals surface area contributed by atoms with Crippen LogP contribution in [0.3, 0.4) is 0 Å². The van der Waals surface area contributed by atoms with Gasteiger partial charge in [-0.2, -0.15) is 5.26 Å². The summed E-state index contributed by atoms with van der Waals surface area (Å²) in [6, 6.07) is 15.7. The van der Waals surface area contributed by atoms with Crippen molar-refractivity contribution >= 4 is 22.6 Å². The Morgan fingerprint density at radius 1 is 1.22 bits per heavy atom. The summed E-state index contributed by atoms with van der Waals surface area (Å²) in [5.74, 6) is 0.817. The molecular formula is C15H12INO. The Hall–Kier alpha value is -1.54. The van der Waals surface area contributed by atoms with E-state index in [2.05, 4.69) is 47.7 Å². The van der Waals surface area contributed by atoms with Crippen LogP contribution in [0.25, 0.3) is 0 Å². The van der Waals surface area contributed by atoms with Gasteiger partial charge in [0.2, 0.25) is 0 Å². The number of halogens is 1. The van der Waals surface area contributed by atoms with E-state index >= 15 is 0 Å². The summed E-state index contributed by atoms with van der Waals surface area (Å²) in [6.45, 7) is 2.62. The summed E-state index contributed by atoms with van der Waals surface area (Å²) < 4.78 is 6.74. The van der Waals surface area contributed by atoms with E-state index < -0.39 is 0 Å². The lowest BCUT2D eigenvalue weighted by Crippen LogP contribution is -1.99. The van der Waals surface area contributed by atoms with Crippen LogP contribution in [0.15, 0.2) is 42.5 Å². The van der Waals surface area contributed by atoms with Crippen LogP contribution < -0.4 is 4.74 Å². The van der Waals surface area contributed by atoms with Gasteiger partial charge in [-0.15, -0.1) is 0 Å². The third-order valence-corrected chi connectivity index (χ3v) is 3.55. The molecule has 0 amide bonds. The maximum atomic E-state index is 8.80. The van der Waals surface area contributed by atoms with Crippen LogP contribution >= 0.6 is 22.6 Å². The fraction of sp³-hybridized carbons (Fsp3) is 0.133. The number of nitrogens with zero attached hydrogens (tertiary/aromatic N) is 1. The second kappa shape index (κ2) is 5.87. The molecule has 0 spiro atoms. The van der Waals surface area contributed by atoms with Crippen molar-refractivity contribution in [1.29, 1.82) is 5.26 Å². The van der Waals surface area contributed by atoms with Crippen molar-refractivity contribution in [3.8, 4) is 11.8 Å². The number of nitriles is 1. The largest absolute Gasteiger partial charge is 0.488 e. The molecule has 0 atom stereocenters. The number of aryl methyl sites for hydroxylation is 1. The number of ether oxygens (including phenoxy) is 1. The molecule has 0 saturated carbocycles. The number of hydrogen-bond acceptors (Lipinski definition) is 2. The standard InChI is InChI=1S/C15H12INO/c1-11-4-2-3-5-13(11)10-18-15-7-6-12(9-17)8-14(15)16/h2-8H,10H2,1H3. The third kappa shape index (κ3) is 3.02. The summed E-state index contributed by atoms with van der Waals surface area (Å²) in [5, 5.41) is 8.80. The molecule has 0 fully saturated rings. The van der Waals surface area contributed by atoms with Gasteiger partial charge in [0.15, 0.2) is 0 Å². The minimum absolute atomic E-state index is 0.550. The van der Waals surface area contributed by atoms with E-state index in [9.17, 15) is 0 Å². The van der Waals surface area contributed by atoms with Crippen LogP contribution in [0.2, 0.25) is 0 Å². The summed E-state index contributed by atoms with van der Waals surface area (Å²) in [5.41, 5.74) is 3.06. The van der Waals surface area contributed by atoms with Crippen molar-refractivity contribution in [2.75, 3.05) is 0 Å². The molecule has 3 heteroatoms. The summed E-state index contributed by atoms with van der Waals surface area (Å²) in [4.78, 5) is 0. The second-order valence-corrected chi connectivity index (χ2v) is 5.13. The molecule has 2 nitrogen and oxygen atoms in total. The zero-order valence-electron chi connectivity index (χ0n) is 9.98. The molecule has 2 aromatic carbocycles. The highest BCUT2D eigenvalue weighted by Gasteiger charge is 2.04. The van der Waals surface area contributed by atoms with Gasteiger partial charge in [-0.3, -0.25) is 0 Å². The van der Waals surface area contributed by atoms with Crippen LogP contribution in [0.4, 0.5) is 0 Å². The first kappa shape index (κ1) is 12.9. The van der Waals surface area contributed by atoms with Gasteiger partial charge < -0.3 is 4.74 Å². The van der Waals surface area contributed by atoms with Crippen LogP contribution in [0.1, 0.15) is 16.7 Å². The van der Waals surface area contributed by atoms with E-state index in [1.165, 1.54) is 11.1 Å². The number of hydrogen-bond donors (Lipinski definition) is 0. The molecule has 0 N–H and O–H groups in total. The van der Waals surface area contributed by atoms with Crippen LogP contribution in [-0.4, -0.2) is 0 Å². The lowest BCUT2D eigenvalue weighted by Gasteiger charge is -2.10.